The van der Waals surface area contributed by atoms with Gasteiger partial charge in [0.15, 0.2) is 0 Å². The Kier molecular flexibility index (Phi) is 1.92. The van der Waals surface area contributed by atoms with Crippen LogP contribution < -0.4 is 0 Å². The van der Waals surface area contributed by atoms with Crippen molar-refractivity contribution in [1.29, 1.82) is 0 Å². The molecule has 4 nitrogen and oxygen atoms in total. The lowest BCUT2D eigenvalue weighted by molar-refractivity contribution is -0.517. The Morgan fingerprint density at radius 2 is 2.56 bits per heavy atom. The molecule has 0 bridgehead atoms. The number of hydrogen-bond donors (Lipinski definition) is 0. The lowest BCUT2D eigenvalue weighted by Crippen LogP contribution is -2.30. The lowest BCUT2D eigenvalue weighted by atomic mass is 10.7. The first kappa shape index (κ1) is 6.82. The largest absolute Gasteiger partial charge is 0.315 e. The average molecular weight is 148 g/mol. The predicted molar refractivity (Wildman–Crippen MR) is 35.9 cm³/mol. The third-order valence-corrected chi connectivity index (χ3v) is 2.52. The highest BCUT2D eigenvalue weighted by atomic mass is 32.2. The second-order valence-electron chi connectivity index (χ2n) is 1.96. The molecule has 0 amide bonds. The molecule has 1 saturated heterocycles. The molecule has 9 heavy (non-hydrogen) atoms. The van der Waals surface area contributed by atoms with Crippen molar-refractivity contribution >= 4 is 11.8 Å². The summed E-state index contributed by atoms with van der Waals surface area (Å²) in [4.78, 5) is 11.6. The highest BCUT2D eigenvalue weighted by Gasteiger charge is 2.30. The van der Waals surface area contributed by atoms with E-state index in [1.165, 1.54) is 11.8 Å². The summed E-state index contributed by atoms with van der Waals surface area (Å²) in [5.41, 5.74) is -0.495. The van der Waals surface area contributed by atoms with Gasteiger partial charge in [-0.05, 0) is 7.05 Å². The topological polar surface area (TPSA) is 46.4 Å². The first-order valence-electron chi connectivity index (χ1n) is 2.67. The van der Waals surface area contributed by atoms with Gasteiger partial charge in [-0.1, -0.05) is 11.8 Å². The Morgan fingerprint density at radius 3 is 2.78 bits per heavy atom. The van der Waals surface area contributed by atoms with Crippen molar-refractivity contribution in [2.45, 2.75) is 5.50 Å². The zero-order valence-corrected chi connectivity index (χ0v) is 5.93. The van der Waals surface area contributed by atoms with E-state index >= 15 is 0 Å². The van der Waals surface area contributed by atoms with Gasteiger partial charge in [0.2, 0.25) is 0 Å². The highest BCUT2D eigenvalue weighted by molar-refractivity contribution is 7.99. The minimum absolute atomic E-state index is 0.252. The molecule has 5 heteroatoms. The Balaban J connectivity index is 2.49. The summed E-state index contributed by atoms with van der Waals surface area (Å²) >= 11 is 1.39. The molecule has 0 aliphatic carbocycles. The quantitative estimate of drug-likeness (QED) is 0.394. The van der Waals surface area contributed by atoms with Gasteiger partial charge in [0.05, 0.1) is 4.92 Å². The summed E-state index contributed by atoms with van der Waals surface area (Å²) in [6.07, 6.45) is 0. The molecule has 0 aromatic rings. The van der Waals surface area contributed by atoms with Gasteiger partial charge in [-0.25, -0.2) is 4.90 Å². The van der Waals surface area contributed by atoms with Crippen LogP contribution in [0.3, 0.4) is 0 Å². The number of nitro groups is 1. The van der Waals surface area contributed by atoms with E-state index in [1.807, 2.05) is 0 Å². The zero-order valence-electron chi connectivity index (χ0n) is 5.11. The van der Waals surface area contributed by atoms with Crippen molar-refractivity contribution in [3.63, 3.8) is 0 Å². The number of thioether (sulfide) groups is 1. The van der Waals surface area contributed by atoms with E-state index in [0.717, 1.165) is 12.3 Å². The summed E-state index contributed by atoms with van der Waals surface area (Å²) in [7, 11) is 1.77. The molecule has 1 aliphatic heterocycles. The summed E-state index contributed by atoms with van der Waals surface area (Å²) < 4.78 is 0. The van der Waals surface area contributed by atoms with Crippen molar-refractivity contribution in [2.24, 2.45) is 0 Å². The lowest BCUT2D eigenvalue weighted by Gasteiger charge is -2.08. The molecule has 1 unspecified atom stereocenters. The van der Waals surface area contributed by atoms with Gasteiger partial charge in [0.25, 0.3) is 0 Å². The van der Waals surface area contributed by atoms with Crippen molar-refractivity contribution in [2.75, 3.05) is 19.3 Å². The zero-order chi connectivity index (χ0) is 6.85. The molecule has 0 radical (unpaired) electrons. The Labute approximate surface area is 57.4 Å². The van der Waals surface area contributed by atoms with Crippen LogP contribution >= 0.6 is 11.8 Å². The maximum absolute atomic E-state index is 10.2. The molecule has 0 saturated carbocycles. The third-order valence-electron chi connectivity index (χ3n) is 1.27. The van der Waals surface area contributed by atoms with Crippen LogP contribution in [-0.4, -0.2) is 34.7 Å². The molecule has 1 atom stereocenters. The van der Waals surface area contributed by atoms with E-state index in [-0.39, 0.29) is 4.92 Å². The van der Waals surface area contributed by atoms with E-state index in [0.29, 0.717) is 0 Å². The van der Waals surface area contributed by atoms with Crippen LogP contribution in [0.5, 0.6) is 0 Å². The van der Waals surface area contributed by atoms with Gasteiger partial charge in [-0.15, -0.1) is 0 Å². The van der Waals surface area contributed by atoms with Crippen LogP contribution in [0.15, 0.2) is 0 Å². The van der Waals surface area contributed by atoms with E-state index in [1.54, 1.807) is 11.9 Å². The fourth-order valence-corrected chi connectivity index (χ4v) is 1.85. The SMILES string of the molecule is CN1CCSC1[N+](=O)[O-]. The first-order chi connectivity index (χ1) is 4.22. The second-order valence-corrected chi connectivity index (χ2v) is 3.13. The van der Waals surface area contributed by atoms with Crippen molar-refractivity contribution < 1.29 is 4.92 Å². The van der Waals surface area contributed by atoms with E-state index in [2.05, 4.69) is 0 Å². The van der Waals surface area contributed by atoms with Crippen molar-refractivity contribution in [3.8, 4) is 0 Å². The molecule has 1 heterocycles. The summed E-state index contributed by atoms with van der Waals surface area (Å²) in [6.45, 7) is 0.830. The van der Waals surface area contributed by atoms with Crippen molar-refractivity contribution in [3.05, 3.63) is 10.1 Å². The minimum Gasteiger partial charge on any atom is -0.262 e. The summed E-state index contributed by atoms with van der Waals surface area (Å²) in [5.74, 6) is 0.877. The maximum Gasteiger partial charge on any atom is 0.315 e. The monoisotopic (exact) mass is 148 g/mol. The van der Waals surface area contributed by atoms with Crippen LogP contribution in [0, 0.1) is 10.1 Å². The molecule has 1 aliphatic rings. The summed E-state index contributed by atoms with van der Waals surface area (Å²) in [5, 5.41) is 10.2. The minimum atomic E-state index is -0.495. The van der Waals surface area contributed by atoms with Gasteiger partial charge in [-0.3, -0.25) is 10.1 Å². The smallest absolute Gasteiger partial charge is 0.262 e. The van der Waals surface area contributed by atoms with Gasteiger partial charge in [-0.2, -0.15) is 0 Å². The van der Waals surface area contributed by atoms with Gasteiger partial charge >= 0.3 is 5.50 Å². The Morgan fingerprint density at radius 1 is 1.89 bits per heavy atom. The molecule has 52 valence electrons. The van der Waals surface area contributed by atoms with E-state index in [9.17, 15) is 10.1 Å². The molecule has 0 aromatic carbocycles. The molecule has 1 rings (SSSR count). The van der Waals surface area contributed by atoms with Gasteiger partial charge < -0.3 is 0 Å². The van der Waals surface area contributed by atoms with Crippen LogP contribution in [0.1, 0.15) is 0 Å². The average Bonchev–Trinajstić information content (AvgIpc) is 2.13. The van der Waals surface area contributed by atoms with Gasteiger partial charge in [0.1, 0.15) is 0 Å². The van der Waals surface area contributed by atoms with Crippen LogP contribution in [0.4, 0.5) is 0 Å². The molecule has 0 aromatic heterocycles. The van der Waals surface area contributed by atoms with Crippen LogP contribution in [0.25, 0.3) is 0 Å². The fraction of sp³-hybridized carbons (Fsp3) is 1.00. The molecular formula is C4H8N2O2S. The predicted octanol–water partition coefficient (Wildman–Crippen LogP) is 0.225. The Hall–Kier alpha value is -0.290. The van der Waals surface area contributed by atoms with E-state index < -0.39 is 5.50 Å². The maximum atomic E-state index is 10.2. The Bertz CT molecular complexity index is 130. The number of hydrogen-bond acceptors (Lipinski definition) is 4. The van der Waals surface area contributed by atoms with Gasteiger partial charge in [0, 0.05) is 12.3 Å². The second kappa shape index (κ2) is 2.53. The number of rotatable bonds is 1. The highest BCUT2D eigenvalue weighted by Crippen LogP contribution is 2.21. The first-order valence-corrected chi connectivity index (χ1v) is 3.72. The van der Waals surface area contributed by atoms with E-state index in [4.69, 9.17) is 0 Å². The molecule has 1 fully saturated rings. The van der Waals surface area contributed by atoms with Crippen LogP contribution in [-0.2, 0) is 0 Å². The molecule has 0 N–H and O–H groups in total. The number of nitrogens with zero attached hydrogens (tertiary/aromatic N) is 2. The molecular weight excluding hydrogens is 140 g/mol. The van der Waals surface area contributed by atoms with Crippen molar-refractivity contribution in [1.82, 2.24) is 4.90 Å². The standard InChI is InChI=1S/C4H8N2O2S/c1-5-2-3-9-4(5)6(7)8/h4H,2-3H2,1H3. The summed E-state index contributed by atoms with van der Waals surface area (Å²) in [6, 6.07) is 0. The fourth-order valence-electron chi connectivity index (χ4n) is 0.762. The van der Waals surface area contributed by atoms with Crippen LogP contribution in [0.2, 0.25) is 0 Å². The molecule has 0 spiro atoms. The third kappa shape index (κ3) is 1.34. The normalized spacial score (nSPS) is 28.8.